The zero-order valence-corrected chi connectivity index (χ0v) is 24.3. The summed E-state index contributed by atoms with van der Waals surface area (Å²) in [5.74, 6) is -2.17. The number of nitrogens with zero attached hydrogens (tertiary/aromatic N) is 1. The number of amides is 1. The molecule has 0 aliphatic carbocycles. The average molecular weight is 578 g/mol. The number of hydrogen-bond donors (Lipinski definition) is 2. The van der Waals surface area contributed by atoms with Crippen LogP contribution >= 0.6 is 11.8 Å². The molecule has 2 aliphatic heterocycles. The van der Waals surface area contributed by atoms with Crippen LogP contribution in [0.4, 0.5) is 18.9 Å². The highest BCUT2D eigenvalue weighted by Gasteiger charge is 2.40. The predicted molar refractivity (Wildman–Crippen MR) is 151 cm³/mol. The van der Waals surface area contributed by atoms with Crippen LogP contribution in [0.1, 0.15) is 92.8 Å². The zero-order valence-electron chi connectivity index (χ0n) is 23.5. The molecule has 0 radical (unpaired) electrons. The smallest absolute Gasteiger partial charge is 0.405 e. The molecule has 218 valence electrons. The number of alkyl halides is 3. The second-order valence-corrected chi connectivity index (χ2v) is 12.5. The number of carbonyl (C=O) groups is 2. The van der Waals surface area contributed by atoms with Gasteiger partial charge in [-0.3, -0.25) is 4.79 Å². The quantitative estimate of drug-likeness (QED) is 0.364. The number of esters is 1. The second kappa shape index (κ2) is 12.0. The SMILES string of the molecule is CCCCc1c2c(cc(C(=O)OC(C)(C)C)c1N1CCCCC1N)Sc1ccccc1C2C(=O)NCC(F)(F)F. The minimum absolute atomic E-state index is 0.339. The molecule has 3 N–H and O–H groups in total. The van der Waals surface area contributed by atoms with Gasteiger partial charge in [-0.15, -0.1) is 0 Å². The van der Waals surface area contributed by atoms with E-state index in [1.807, 2.05) is 24.0 Å². The molecule has 4 rings (SSSR count). The van der Waals surface area contributed by atoms with Crippen molar-refractivity contribution in [3.05, 3.63) is 52.6 Å². The van der Waals surface area contributed by atoms with Gasteiger partial charge in [-0.05, 0) is 81.7 Å². The van der Waals surface area contributed by atoms with E-state index in [-0.39, 0.29) is 6.17 Å². The number of nitrogens with one attached hydrogen (secondary N) is 1. The van der Waals surface area contributed by atoms with Crippen molar-refractivity contribution in [1.82, 2.24) is 5.32 Å². The zero-order chi connectivity index (χ0) is 29.2. The third-order valence-electron chi connectivity index (χ3n) is 7.11. The minimum Gasteiger partial charge on any atom is -0.456 e. The van der Waals surface area contributed by atoms with Crippen LogP contribution in [0.3, 0.4) is 0 Å². The van der Waals surface area contributed by atoms with Crippen LogP contribution < -0.4 is 16.0 Å². The predicted octanol–water partition coefficient (Wildman–Crippen LogP) is 6.53. The Labute approximate surface area is 238 Å². The first-order valence-electron chi connectivity index (χ1n) is 13.9. The summed E-state index contributed by atoms with van der Waals surface area (Å²) < 4.78 is 45.3. The van der Waals surface area contributed by atoms with E-state index in [1.165, 1.54) is 11.8 Å². The lowest BCUT2D eigenvalue weighted by Gasteiger charge is -2.40. The number of unbranched alkanes of at least 4 members (excludes halogenated alkanes) is 1. The van der Waals surface area contributed by atoms with Gasteiger partial charge in [0, 0.05) is 16.3 Å². The number of benzene rings is 2. The number of rotatable bonds is 7. The van der Waals surface area contributed by atoms with Crippen molar-refractivity contribution in [2.75, 3.05) is 18.0 Å². The molecule has 40 heavy (non-hydrogen) atoms. The van der Waals surface area contributed by atoms with Crippen LogP contribution in [0.25, 0.3) is 0 Å². The van der Waals surface area contributed by atoms with Crippen LogP contribution in [-0.2, 0) is 16.0 Å². The molecule has 6 nitrogen and oxygen atoms in total. The highest BCUT2D eigenvalue weighted by atomic mass is 32.2. The molecule has 0 saturated carbocycles. The van der Waals surface area contributed by atoms with E-state index in [1.54, 1.807) is 39.0 Å². The fourth-order valence-corrected chi connectivity index (χ4v) is 6.64. The average Bonchev–Trinajstić information content (AvgIpc) is 2.87. The molecule has 1 amide bonds. The molecule has 2 unspecified atom stereocenters. The minimum atomic E-state index is -4.54. The summed E-state index contributed by atoms with van der Waals surface area (Å²) in [5, 5.41) is 2.13. The van der Waals surface area contributed by atoms with E-state index in [0.717, 1.165) is 42.6 Å². The molecule has 2 aromatic rings. The Morgan fingerprint density at radius 3 is 2.52 bits per heavy atom. The Bertz CT molecular complexity index is 1260. The number of fused-ring (bicyclic) bond motifs is 2. The first kappa shape index (κ1) is 30.2. The van der Waals surface area contributed by atoms with E-state index >= 15 is 0 Å². The third kappa shape index (κ3) is 6.77. The molecule has 2 atom stereocenters. The number of halogens is 3. The molecule has 1 fully saturated rings. The number of nitrogens with two attached hydrogens (primary N) is 1. The Kier molecular flexibility index (Phi) is 9.09. The summed E-state index contributed by atoms with van der Waals surface area (Å²) in [6, 6.07) is 9.01. The lowest BCUT2D eigenvalue weighted by Crippen LogP contribution is -2.47. The summed E-state index contributed by atoms with van der Waals surface area (Å²) >= 11 is 1.42. The lowest BCUT2D eigenvalue weighted by molar-refractivity contribution is -0.138. The summed E-state index contributed by atoms with van der Waals surface area (Å²) in [4.78, 5) is 30.8. The van der Waals surface area contributed by atoms with Crippen molar-refractivity contribution in [2.45, 2.75) is 99.9 Å². The van der Waals surface area contributed by atoms with Crippen molar-refractivity contribution in [2.24, 2.45) is 5.73 Å². The van der Waals surface area contributed by atoms with Crippen LogP contribution in [0.5, 0.6) is 0 Å². The van der Waals surface area contributed by atoms with Crippen molar-refractivity contribution >= 4 is 29.3 Å². The molecule has 2 aromatic carbocycles. The van der Waals surface area contributed by atoms with Crippen LogP contribution in [0.15, 0.2) is 40.1 Å². The van der Waals surface area contributed by atoms with Crippen molar-refractivity contribution in [3.8, 4) is 0 Å². The first-order chi connectivity index (χ1) is 18.8. The van der Waals surface area contributed by atoms with Crippen LogP contribution in [0, 0.1) is 0 Å². The van der Waals surface area contributed by atoms with Gasteiger partial charge in [-0.2, -0.15) is 13.2 Å². The lowest BCUT2D eigenvalue weighted by atomic mass is 9.82. The van der Waals surface area contributed by atoms with E-state index in [9.17, 15) is 22.8 Å². The normalized spacial score (nSPS) is 19.1. The summed E-state index contributed by atoms with van der Waals surface area (Å²) in [5.41, 5.74) is 8.97. The van der Waals surface area contributed by atoms with Gasteiger partial charge in [0.15, 0.2) is 0 Å². The van der Waals surface area contributed by atoms with E-state index < -0.39 is 36.1 Å². The van der Waals surface area contributed by atoms with E-state index in [4.69, 9.17) is 10.5 Å². The topological polar surface area (TPSA) is 84.7 Å². The maximum Gasteiger partial charge on any atom is 0.405 e. The van der Waals surface area contributed by atoms with Crippen LogP contribution in [0.2, 0.25) is 0 Å². The maximum atomic E-state index is 13.7. The first-order valence-corrected chi connectivity index (χ1v) is 14.7. The summed E-state index contributed by atoms with van der Waals surface area (Å²) in [6.07, 6.45) is -0.132. The molecule has 0 spiro atoms. The third-order valence-corrected chi connectivity index (χ3v) is 8.26. The molecule has 0 aromatic heterocycles. The number of carbonyl (C=O) groups excluding carboxylic acids is 2. The van der Waals surface area contributed by atoms with Crippen molar-refractivity contribution < 1.29 is 27.5 Å². The largest absolute Gasteiger partial charge is 0.456 e. The van der Waals surface area contributed by atoms with E-state index in [0.29, 0.717) is 40.2 Å². The van der Waals surface area contributed by atoms with Gasteiger partial charge in [0.25, 0.3) is 0 Å². The van der Waals surface area contributed by atoms with E-state index in [2.05, 4.69) is 5.32 Å². The summed E-state index contributed by atoms with van der Waals surface area (Å²) in [6.45, 7) is 6.67. The second-order valence-electron chi connectivity index (χ2n) is 11.4. The molecule has 2 aliphatic rings. The number of anilines is 1. The van der Waals surface area contributed by atoms with Crippen LogP contribution in [-0.4, -0.2) is 42.9 Å². The molecule has 10 heteroatoms. The molecule has 0 bridgehead atoms. The highest BCUT2D eigenvalue weighted by molar-refractivity contribution is 7.99. The van der Waals surface area contributed by atoms with Gasteiger partial charge in [-0.25, -0.2) is 4.79 Å². The Hall–Kier alpha value is -2.72. The number of piperidine rings is 1. The molecular weight excluding hydrogens is 539 g/mol. The Balaban J connectivity index is 1.99. The molecular formula is C30H38F3N3O3S. The Morgan fingerprint density at radius 1 is 1.15 bits per heavy atom. The summed E-state index contributed by atoms with van der Waals surface area (Å²) in [7, 11) is 0. The van der Waals surface area contributed by atoms with Gasteiger partial charge < -0.3 is 20.7 Å². The van der Waals surface area contributed by atoms with Gasteiger partial charge in [0.05, 0.1) is 23.3 Å². The fourth-order valence-electron chi connectivity index (χ4n) is 5.42. The fraction of sp³-hybridized carbons (Fsp3) is 0.533. The standard InChI is InChI=1S/C30H38F3N3O3S/c1-5-6-11-19-24-22(40-21-13-8-7-12-18(21)25(24)27(37)35-17-30(31,32)33)16-20(28(38)39-29(2,3)4)26(19)36-15-10-9-14-23(36)34/h7-8,12-13,16,23,25H,5-6,9-11,14-15,17,34H2,1-4H3,(H,35,37). The Morgan fingerprint density at radius 2 is 1.88 bits per heavy atom. The maximum absolute atomic E-state index is 13.7. The van der Waals surface area contributed by atoms with Gasteiger partial charge in [0.2, 0.25) is 5.91 Å². The van der Waals surface area contributed by atoms with Gasteiger partial charge in [-0.1, -0.05) is 43.3 Å². The highest BCUT2D eigenvalue weighted by Crippen LogP contribution is 2.51. The van der Waals surface area contributed by atoms with Crippen molar-refractivity contribution in [1.29, 1.82) is 0 Å². The monoisotopic (exact) mass is 577 g/mol. The molecule has 1 saturated heterocycles. The van der Waals surface area contributed by atoms with Gasteiger partial charge >= 0.3 is 12.1 Å². The number of hydrogen-bond acceptors (Lipinski definition) is 6. The van der Waals surface area contributed by atoms with Gasteiger partial charge in [0.1, 0.15) is 12.1 Å². The number of ether oxygens (including phenoxy) is 1. The molecule has 2 heterocycles. The van der Waals surface area contributed by atoms with Crippen molar-refractivity contribution in [3.63, 3.8) is 0 Å².